The smallest absolute Gasteiger partial charge is 0.427 e. The maximum absolute atomic E-state index is 14.8. The first-order chi connectivity index (χ1) is 16.6. The fraction of sp³-hybridized carbons (Fsp3) is 0.238. The number of thiazole rings is 1. The van der Waals surface area contributed by atoms with Gasteiger partial charge >= 0.3 is 6.09 Å². The van der Waals surface area contributed by atoms with Gasteiger partial charge < -0.3 is 10.4 Å². The van der Waals surface area contributed by atoms with Gasteiger partial charge in [0.05, 0.1) is 11.2 Å². The zero-order valence-corrected chi connectivity index (χ0v) is 19.5. The Kier molecular flexibility index (Phi) is 6.96. The standard InChI is InChI=1S/C21H18F4N4O4S2/c22-14-2-3-15(23)13(9-28-6-1-7-28)12(14)8-26-16-4-5-17(20(25)19(16)24)35(32,33)29(21(30)31)18-10-34-11-27-18/h2-5,10-11,26H,1,6-9H2,(H,30,31). The van der Waals surface area contributed by atoms with Crippen molar-refractivity contribution in [2.75, 3.05) is 22.7 Å². The highest BCUT2D eigenvalue weighted by atomic mass is 32.2. The van der Waals surface area contributed by atoms with Crippen LogP contribution in [0.3, 0.4) is 0 Å². The van der Waals surface area contributed by atoms with E-state index in [1.807, 2.05) is 4.90 Å². The van der Waals surface area contributed by atoms with E-state index in [0.29, 0.717) is 6.07 Å². The van der Waals surface area contributed by atoms with E-state index < -0.39 is 62.3 Å². The molecule has 186 valence electrons. The predicted molar refractivity (Wildman–Crippen MR) is 120 cm³/mol. The molecular weight excluding hydrogens is 512 g/mol. The lowest BCUT2D eigenvalue weighted by Gasteiger charge is -2.31. The number of hydrogen-bond donors (Lipinski definition) is 2. The molecule has 0 bridgehead atoms. The molecule has 1 aliphatic rings. The Morgan fingerprint density at radius 2 is 1.77 bits per heavy atom. The molecule has 0 radical (unpaired) electrons. The van der Waals surface area contributed by atoms with Gasteiger partial charge in [0.2, 0.25) is 0 Å². The van der Waals surface area contributed by atoms with Gasteiger partial charge in [-0.3, -0.25) is 4.90 Å². The zero-order chi connectivity index (χ0) is 25.3. The van der Waals surface area contributed by atoms with E-state index in [2.05, 4.69) is 10.3 Å². The summed E-state index contributed by atoms with van der Waals surface area (Å²) in [4.78, 5) is 15.8. The lowest BCUT2D eigenvalue weighted by atomic mass is 10.0. The molecular formula is C21H18F4N4O4S2. The molecule has 0 spiro atoms. The molecule has 1 amide bonds. The predicted octanol–water partition coefficient (Wildman–Crippen LogP) is 4.39. The van der Waals surface area contributed by atoms with Crippen molar-refractivity contribution in [2.45, 2.75) is 24.4 Å². The summed E-state index contributed by atoms with van der Waals surface area (Å²) in [6, 6.07) is 3.47. The second kappa shape index (κ2) is 9.79. The summed E-state index contributed by atoms with van der Waals surface area (Å²) in [5.41, 5.74) is 0.661. The Labute approximate surface area is 201 Å². The van der Waals surface area contributed by atoms with Crippen LogP contribution in [0.4, 0.5) is 33.9 Å². The Bertz CT molecular complexity index is 1370. The lowest BCUT2D eigenvalue weighted by molar-refractivity contribution is 0.169. The number of rotatable bonds is 8. The van der Waals surface area contributed by atoms with Crippen LogP contribution in [0.5, 0.6) is 0 Å². The largest absolute Gasteiger partial charge is 0.464 e. The molecule has 35 heavy (non-hydrogen) atoms. The molecule has 1 aliphatic heterocycles. The van der Waals surface area contributed by atoms with Crippen LogP contribution in [0.15, 0.2) is 40.1 Å². The van der Waals surface area contributed by atoms with E-state index >= 15 is 0 Å². The van der Waals surface area contributed by atoms with Crippen molar-refractivity contribution >= 4 is 39.0 Å². The van der Waals surface area contributed by atoms with Gasteiger partial charge in [-0.1, -0.05) is 0 Å². The van der Waals surface area contributed by atoms with Crippen molar-refractivity contribution in [3.8, 4) is 0 Å². The molecule has 2 aromatic carbocycles. The minimum atomic E-state index is -5.07. The Morgan fingerprint density at radius 3 is 2.34 bits per heavy atom. The molecule has 2 heterocycles. The minimum Gasteiger partial charge on any atom is -0.464 e. The Hall–Kier alpha value is -3.23. The van der Waals surface area contributed by atoms with Crippen molar-refractivity contribution in [2.24, 2.45) is 0 Å². The number of sulfonamides is 1. The number of hydrogen-bond acceptors (Lipinski definition) is 7. The Morgan fingerprint density at radius 1 is 1.09 bits per heavy atom. The van der Waals surface area contributed by atoms with E-state index in [0.717, 1.165) is 54.4 Å². The number of aromatic nitrogens is 1. The van der Waals surface area contributed by atoms with Crippen LogP contribution in [-0.4, -0.2) is 42.6 Å². The topological polar surface area (TPSA) is 103 Å². The van der Waals surface area contributed by atoms with Gasteiger partial charge in [-0.2, -0.15) is 0 Å². The summed E-state index contributed by atoms with van der Waals surface area (Å²) in [7, 11) is -5.07. The molecule has 0 unspecified atom stereocenters. The van der Waals surface area contributed by atoms with Crippen molar-refractivity contribution in [3.05, 3.63) is 69.6 Å². The maximum atomic E-state index is 14.8. The fourth-order valence-corrected chi connectivity index (χ4v) is 5.43. The van der Waals surface area contributed by atoms with Gasteiger partial charge in [0.15, 0.2) is 17.5 Å². The second-order valence-corrected chi connectivity index (χ2v) is 10.1. The van der Waals surface area contributed by atoms with Gasteiger partial charge in [-0.25, -0.2) is 35.8 Å². The van der Waals surface area contributed by atoms with E-state index in [-0.39, 0.29) is 22.0 Å². The average Bonchev–Trinajstić information content (AvgIpc) is 3.28. The van der Waals surface area contributed by atoms with Crippen molar-refractivity contribution in [3.63, 3.8) is 0 Å². The second-order valence-electron chi connectivity index (χ2n) is 7.61. The summed E-state index contributed by atoms with van der Waals surface area (Å²) < 4.78 is 83.9. The molecule has 4 rings (SSSR count). The monoisotopic (exact) mass is 530 g/mol. The van der Waals surface area contributed by atoms with Crippen LogP contribution in [0.25, 0.3) is 0 Å². The van der Waals surface area contributed by atoms with E-state index in [4.69, 9.17) is 0 Å². The number of anilines is 2. The van der Waals surface area contributed by atoms with Gasteiger partial charge in [0.1, 0.15) is 16.5 Å². The fourth-order valence-electron chi connectivity index (χ4n) is 3.54. The number of benzene rings is 2. The molecule has 3 aromatic rings. The molecule has 14 heteroatoms. The minimum absolute atomic E-state index is 0.0750. The van der Waals surface area contributed by atoms with Crippen molar-refractivity contribution < 1.29 is 35.9 Å². The summed E-state index contributed by atoms with van der Waals surface area (Å²) in [6.07, 6.45) is -1.03. The third kappa shape index (κ3) is 4.81. The van der Waals surface area contributed by atoms with Crippen LogP contribution in [0.2, 0.25) is 0 Å². The number of halogens is 4. The Balaban J connectivity index is 1.62. The highest BCUT2D eigenvalue weighted by Gasteiger charge is 2.36. The quantitative estimate of drug-likeness (QED) is 0.417. The number of carbonyl (C=O) groups is 1. The first-order valence-corrected chi connectivity index (χ1v) is 12.6. The van der Waals surface area contributed by atoms with E-state index in [1.54, 1.807) is 0 Å². The van der Waals surface area contributed by atoms with Gasteiger partial charge in [-0.15, -0.1) is 15.6 Å². The summed E-state index contributed by atoms with van der Waals surface area (Å²) in [5, 5.41) is 12.9. The molecule has 0 atom stereocenters. The van der Waals surface area contributed by atoms with Crippen LogP contribution in [0, 0.1) is 23.3 Å². The third-order valence-corrected chi connectivity index (χ3v) is 7.74. The van der Waals surface area contributed by atoms with Crippen LogP contribution in [-0.2, 0) is 23.1 Å². The molecule has 2 N–H and O–H groups in total. The molecule has 1 aromatic heterocycles. The van der Waals surface area contributed by atoms with Crippen LogP contribution >= 0.6 is 11.3 Å². The van der Waals surface area contributed by atoms with Crippen LogP contribution < -0.4 is 9.62 Å². The molecule has 0 saturated carbocycles. The van der Waals surface area contributed by atoms with Gasteiger partial charge in [-0.05, 0) is 43.8 Å². The van der Waals surface area contributed by atoms with Crippen molar-refractivity contribution in [1.29, 1.82) is 0 Å². The number of nitrogens with one attached hydrogen (secondary N) is 1. The number of amides is 1. The van der Waals surface area contributed by atoms with E-state index in [1.165, 1.54) is 5.51 Å². The first-order valence-electron chi connectivity index (χ1n) is 10.2. The summed E-state index contributed by atoms with van der Waals surface area (Å²) in [6.45, 7) is 1.20. The lowest BCUT2D eigenvalue weighted by Crippen LogP contribution is -2.37. The molecule has 1 fully saturated rings. The first kappa shape index (κ1) is 24.9. The highest BCUT2D eigenvalue weighted by Crippen LogP contribution is 2.30. The van der Waals surface area contributed by atoms with Gasteiger partial charge in [0, 0.05) is 29.6 Å². The number of carboxylic acid groups (broad SMARTS) is 1. The highest BCUT2D eigenvalue weighted by molar-refractivity contribution is 7.93. The molecule has 0 aliphatic carbocycles. The zero-order valence-electron chi connectivity index (χ0n) is 17.8. The van der Waals surface area contributed by atoms with Crippen molar-refractivity contribution in [1.82, 2.24) is 9.88 Å². The SMILES string of the molecule is O=C(O)N(c1cscn1)S(=O)(=O)c1ccc(NCc2c(F)ccc(F)c2CN2CCC2)c(F)c1F. The van der Waals surface area contributed by atoms with Gasteiger partial charge in [0.25, 0.3) is 10.0 Å². The van der Waals surface area contributed by atoms with E-state index in [9.17, 15) is 35.9 Å². The summed E-state index contributed by atoms with van der Waals surface area (Å²) in [5.74, 6) is -5.34. The maximum Gasteiger partial charge on any atom is 0.427 e. The molecule has 8 nitrogen and oxygen atoms in total. The normalized spacial score (nSPS) is 13.9. The van der Waals surface area contributed by atoms with Crippen LogP contribution in [0.1, 0.15) is 17.5 Å². The third-order valence-electron chi connectivity index (χ3n) is 5.47. The molecule has 1 saturated heterocycles. The average molecular weight is 531 g/mol. The summed E-state index contributed by atoms with van der Waals surface area (Å²) >= 11 is 0.904. The number of likely N-dealkylation sites (tertiary alicyclic amines) is 1. The number of nitrogens with zero attached hydrogens (tertiary/aromatic N) is 3.